The Kier molecular flexibility index (Phi) is 1.25. The van der Waals surface area contributed by atoms with Crippen LogP contribution in [0, 0.1) is 0 Å². The molecule has 2 rings (SSSR count). The van der Waals surface area contributed by atoms with Gasteiger partial charge in [0, 0.05) is 11.1 Å². The van der Waals surface area contributed by atoms with Crippen molar-refractivity contribution in [1.29, 1.82) is 0 Å². The van der Waals surface area contributed by atoms with Gasteiger partial charge >= 0.3 is 0 Å². The van der Waals surface area contributed by atoms with Gasteiger partial charge in [0.2, 0.25) is 0 Å². The summed E-state index contributed by atoms with van der Waals surface area (Å²) in [5, 5.41) is 0. The number of rotatable bonds is 1. The van der Waals surface area contributed by atoms with Gasteiger partial charge < -0.3 is 4.42 Å². The van der Waals surface area contributed by atoms with E-state index in [4.69, 9.17) is 4.42 Å². The van der Waals surface area contributed by atoms with Gasteiger partial charge in [-0.15, -0.1) is 0 Å². The minimum atomic E-state index is 0.685. The maximum Gasteiger partial charge on any atom is 0.150 e. The van der Waals surface area contributed by atoms with E-state index in [9.17, 15) is 4.79 Å². The highest BCUT2D eigenvalue weighted by atomic mass is 16.3. The van der Waals surface area contributed by atoms with Crippen molar-refractivity contribution in [1.82, 2.24) is 0 Å². The van der Waals surface area contributed by atoms with E-state index in [1.54, 1.807) is 24.5 Å². The number of hydrogen-bond acceptors (Lipinski definition) is 2. The maximum atomic E-state index is 10.4. The average Bonchev–Trinajstić information content (AvgIpc) is 2.47. The van der Waals surface area contributed by atoms with Crippen molar-refractivity contribution < 1.29 is 9.21 Å². The third kappa shape index (κ3) is 0.835. The lowest BCUT2D eigenvalue weighted by Gasteiger charge is -1.95. The standard InChI is InChI=1S/C9H6O2/c10-6-7-3-4-9-8(7)2-1-5-11-9/h1-6H. The van der Waals surface area contributed by atoms with E-state index in [1.807, 2.05) is 6.07 Å². The van der Waals surface area contributed by atoms with Gasteiger partial charge in [-0.25, -0.2) is 0 Å². The van der Waals surface area contributed by atoms with Gasteiger partial charge in [0.25, 0.3) is 0 Å². The summed E-state index contributed by atoms with van der Waals surface area (Å²) in [4.78, 5) is 10.4. The molecule has 54 valence electrons. The molecule has 11 heavy (non-hydrogen) atoms. The summed E-state index contributed by atoms with van der Waals surface area (Å²) >= 11 is 0. The highest BCUT2D eigenvalue weighted by Crippen LogP contribution is 2.25. The summed E-state index contributed by atoms with van der Waals surface area (Å²) in [5.41, 5.74) is 1.56. The molecule has 0 atom stereocenters. The van der Waals surface area contributed by atoms with Crippen molar-refractivity contribution in [3.63, 3.8) is 0 Å². The van der Waals surface area contributed by atoms with Gasteiger partial charge in [-0.05, 0) is 24.3 Å². The van der Waals surface area contributed by atoms with Crippen LogP contribution in [0.3, 0.4) is 0 Å². The van der Waals surface area contributed by atoms with Crippen LogP contribution in [0.1, 0.15) is 10.4 Å². The van der Waals surface area contributed by atoms with E-state index in [2.05, 4.69) is 0 Å². The molecule has 2 heteroatoms. The Labute approximate surface area is 63.8 Å². The van der Waals surface area contributed by atoms with Gasteiger partial charge in [0.15, 0.2) is 6.29 Å². The van der Waals surface area contributed by atoms with Gasteiger partial charge in [-0.1, -0.05) is 0 Å². The average molecular weight is 146 g/mol. The largest absolute Gasteiger partial charge is 0.464 e. The smallest absolute Gasteiger partial charge is 0.150 e. The lowest BCUT2D eigenvalue weighted by molar-refractivity contribution is 0.112. The molecule has 2 nitrogen and oxygen atoms in total. The number of aldehydes is 1. The molecular formula is C9H6O2. The van der Waals surface area contributed by atoms with Crippen molar-refractivity contribution >= 4 is 6.29 Å². The second-order valence-corrected chi connectivity index (χ2v) is 2.30. The lowest BCUT2D eigenvalue weighted by atomic mass is 10.2. The molecule has 1 aliphatic carbocycles. The molecule has 0 spiro atoms. The zero-order chi connectivity index (χ0) is 7.68. The van der Waals surface area contributed by atoms with Crippen molar-refractivity contribution in [2.45, 2.75) is 0 Å². The number of carbonyl (C=O) groups is 1. The maximum absolute atomic E-state index is 10.4. The molecule has 0 aromatic rings. The van der Waals surface area contributed by atoms with Crippen LogP contribution in [0.2, 0.25) is 0 Å². The number of hydrogen-bond donors (Lipinski definition) is 0. The fourth-order valence-corrected chi connectivity index (χ4v) is 1.12. The molecular weight excluding hydrogens is 140 g/mol. The molecule has 0 amide bonds. The number of carbonyl (C=O) groups excluding carboxylic acids is 1. The third-order valence-electron chi connectivity index (χ3n) is 1.65. The Bertz CT molecular complexity index is 349. The Morgan fingerprint density at radius 2 is 2.18 bits per heavy atom. The fourth-order valence-electron chi connectivity index (χ4n) is 1.12. The molecule has 0 N–H and O–H groups in total. The Morgan fingerprint density at radius 3 is 3.00 bits per heavy atom. The SMILES string of the molecule is O=Cc1ccc2occcc1-2. The number of fused-ring (bicyclic) bond motifs is 1. The molecule has 0 bridgehead atoms. The summed E-state index contributed by atoms with van der Waals surface area (Å²) < 4.78 is 5.14. The molecule has 0 saturated heterocycles. The normalized spacial score (nSPS) is 10.2. The van der Waals surface area contributed by atoms with Crippen LogP contribution in [0.25, 0.3) is 11.3 Å². The van der Waals surface area contributed by atoms with E-state index in [1.165, 1.54) is 0 Å². The zero-order valence-corrected chi connectivity index (χ0v) is 5.78. The molecule has 0 aromatic carbocycles. The van der Waals surface area contributed by atoms with Gasteiger partial charge in [-0.3, -0.25) is 4.79 Å². The van der Waals surface area contributed by atoms with Crippen LogP contribution in [-0.2, 0) is 0 Å². The quantitative estimate of drug-likeness (QED) is 0.577. The Morgan fingerprint density at radius 1 is 1.27 bits per heavy atom. The first-order chi connectivity index (χ1) is 5.42. The van der Waals surface area contributed by atoms with Gasteiger partial charge in [0.05, 0.1) is 6.26 Å². The Hall–Kier alpha value is -1.57. The Balaban J connectivity index is 2.73. The second-order valence-electron chi connectivity index (χ2n) is 2.30. The summed E-state index contributed by atoms with van der Waals surface area (Å²) in [5.74, 6) is 0.759. The van der Waals surface area contributed by atoms with E-state index >= 15 is 0 Å². The van der Waals surface area contributed by atoms with Crippen molar-refractivity contribution in [2.75, 3.05) is 0 Å². The van der Waals surface area contributed by atoms with E-state index in [0.717, 1.165) is 17.6 Å². The third-order valence-corrected chi connectivity index (χ3v) is 1.65. The van der Waals surface area contributed by atoms with Crippen LogP contribution in [0.15, 0.2) is 34.9 Å². The summed E-state index contributed by atoms with van der Waals surface area (Å²) in [6.45, 7) is 0. The summed E-state index contributed by atoms with van der Waals surface area (Å²) in [7, 11) is 0. The van der Waals surface area contributed by atoms with E-state index in [-0.39, 0.29) is 0 Å². The highest BCUT2D eigenvalue weighted by molar-refractivity contribution is 5.88. The minimum Gasteiger partial charge on any atom is -0.464 e. The molecule has 0 radical (unpaired) electrons. The highest BCUT2D eigenvalue weighted by Gasteiger charge is 2.08. The molecule has 1 heterocycles. The minimum absolute atomic E-state index is 0.685. The van der Waals surface area contributed by atoms with Crippen LogP contribution in [0.5, 0.6) is 0 Å². The van der Waals surface area contributed by atoms with E-state index in [0.29, 0.717) is 5.56 Å². The monoisotopic (exact) mass is 146 g/mol. The summed E-state index contributed by atoms with van der Waals surface area (Å²) in [6.07, 6.45) is 2.43. The van der Waals surface area contributed by atoms with Crippen LogP contribution >= 0.6 is 0 Å². The predicted octanol–water partition coefficient (Wildman–Crippen LogP) is 2.20. The van der Waals surface area contributed by atoms with Crippen molar-refractivity contribution in [3.05, 3.63) is 36.1 Å². The van der Waals surface area contributed by atoms with Crippen molar-refractivity contribution in [2.24, 2.45) is 0 Å². The lowest BCUT2D eigenvalue weighted by Crippen LogP contribution is -1.77. The molecule has 1 aliphatic heterocycles. The van der Waals surface area contributed by atoms with Gasteiger partial charge in [-0.2, -0.15) is 0 Å². The first-order valence-electron chi connectivity index (χ1n) is 3.33. The molecule has 0 fully saturated rings. The summed E-state index contributed by atoms with van der Waals surface area (Å²) in [6, 6.07) is 7.18. The molecule has 0 aromatic heterocycles. The van der Waals surface area contributed by atoms with Crippen LogP contribution < -0.4 is 0 Å². The van der Waals surface area contributed by atoms with Crippen molar-refractivity contribution in [3.8, 4) is 11.3 Å². The first kappa shape index (κ1) is 6.16. The van der Waals surface area contributed by atoms with Crippen LogP contribution in [-0.4, -0.2) is 6.29 Å². The van der Waals surface area contributed by atoms with E-state index < -0.39 is 0 Å². The predicted molar refractivity (Wildman–Crippen MR) is 40.7 cm³/mol. The second kappa shape index (κ2) is 2.23. The fraction of sp³-hybridized carbons (Fsp3) is 0. The molecule has 0 unspecified atom stereocenters. The van der Waals surface area contributed by atoms with Gasteiger partial charge in [0.1, 0.15) is 5.76 Å². The molecule has 2 aliphatic rings. The zero-order valence-electron chi connectivity index (χ0n) is 5.78. The topological polar surface area (TPSA) is 30.2 Å². The van der Waals surface area contributed by atoms with Crippen LogP contribution in [0.4, 0.5) is 0 Å². The first-order valence-corrected chi connectivity index (χ1v) is 3.33. The molecule has 0 saturated carbocycles.